The summed E-state index contributed by atoms with van der Waals surface area (Å²) in [4.78, 5) is 0. The lowest BCUT2D eigenvalue weighted by Gasteiger charge is -2.07. The molecule has 0 heteroatoms. The van der Waals surface area contributed by atoms with E-state index in [1.165, 1.54) is 16.3 Å². The predicted octanol–water partition coefficient (Wildman–Crippen LogP) is 3.98. The first kappa shape index (κ1) is 8.35. The predicted molar refractivity (Wildman–Crippen MR) is 67.6 cm³/mol. The fraction of sp³-hybridized carbons (Fsp3) is 0.125. The number of hydrogen-bond acceptors (Lipinski definition) is 0. The van der Waals surface area contributed by atoms with Crippen LogP contribution in [0.2, 0.25) is 0 Å². The lowest BCUT2D eigenvalue weighted by atomic mass is 9.97. The van der Waals surface area contributed by atoms with E-state index >= 15 is 0 Å². The first-order valence-corrected chi connectivity index (χ1v) is 5.81. The van der Waals surface area contributed by atoms with Crippen molar-refractivity contribution in [1.82, 2.24) is 0 Å². The third kappa shape index (κ3) is 0.943. The van der Waals surface area contributed by atoms with E-state index in [0.717, 1.165) is 6.42 Å². The molecular weight excluding hydrogens is 192 g/mol. The molecule has 2 aromatic carbocycles. The third-order valence-corrected chi connectivity index (χ3v) is 3.81. The van der Waals surface area contributed by atoms with E-state index in [4.69, 9.17) is 0 Å². The highest BCUT2D eigenvalue weighted by Crippen LogP contribution is 2.43. The normalized spacial score (nSPS) is 21.0. The highest BCUT2D eigenvalue weighted by molar-refractivity contribution is 5.88. The molecule has 1 unspecified atom stereocenters. The molecule has 0 aliphatic heterocycles. The van der Waals surface area contributed by atoms with Crippen LogP contribution in [0.3, 0.4) is 0 Å². The molecule has 16 heavy (non-hydrogen) atoms. The molecule has 0 fully saturated rings. The lowest BCUT2D eigenvalue weighted by molar-refractivity contribution is 1.05. The van der Waals surface area contributed by atoms with Gasteiger partial charge in [0.15, 0.2) is 0 Å². The van der Waals surface area contributed by atoms with Crippen LogP contribution >= 0.6 is 0 Å². The van der Waals surface area contributed by atoms with Gasteiger partial charge in [-0.05, 0) is 28.3 Å². The van der Waals surface area contributed by atoms with Crippen molar-refractivity contribution < 1.29 is 0 Å². The van der Waals surface area contributed by atoms with Gasteiger partial charge in [-0.3, -0.25) is 0 Å². The summed E-state index contributed by atoms with van der Waals surface area (Å²) < 4.78 is 0. The first-order chi connectivity index (χ1) is 7.93. The van der Waals surface area contributed by atoms with Gasteiger partial charge in [0.1, 0.15) is 0 Å². The van der Waals surface area contributed by atoms with Crippen molar-refractivity contribution in [2.75, 3.05) is 0 Å². The molecule has 0 bridgehead atoms. The standard InChI is InChI=1S/C16H12/c1-2-6-13-11(4-1)8-9-15-14-7-3-5-12(14)10-16(13)15/h1-9,14H,10H2. The van der Waals surface area contributed by atoms with Crippen LogP contribution in [0.15, 0.2) is 60.2 Å². The highest BCUT2D eigenvalue weighted by atomic mass is 14.3. The van der Waals surface area contributed by atoms with Crippen molar-refractivity contribution in [3.8, 4) is 0 Å². The van der Waals surface area contributed by atoms with Crippen molar-refractivity contribution in [3.05, 3.63) is 71.3 Å². The smallest absolute Gasteiger partial charge is 0.0240 e. The molecular formula is C16H12. The van der Waals surface area contributed by atoms with E-state index < -0.39 is 0 Å². The van der Waals surface area contributed by atoms with Gasteiger partial charge in [-0.25, -0.2) is 0 Å². The second-order valence-electron chi connectivity index (χ2n) is 4.64. The molecule has 1 atom stereocenters. The molecule has 2 aliphatic rings. The monoisotopic (exact) mass is 204 g/mol. The highest BCUT2D eigenvalue weighted by Gasteiger charge is 2.27. The van der Waals surface area contributed by atoms with Crippen LogP contribution in [-0.4, -0.2) is 0 Å². The van der Waals surface area contributed by atoms with Crippen LogP contribution in [0.25, 0.3) is 10.8 Å². The van der Waals surface area contributed by atoms with Gasteiger partial charge in [0.05, 0.1) is 0 Å². The van der Waals surface area contributed by atoms with Gasteiger partial charge < -0.3 is 0 Å². The molecule has 0 spiro atoms. The Morgan fingerprint density at radius 3 is 2.94 bits per heavy atom. The maximum absolute atomic E-state index is 2.32. The van der Waals surface area contributed by atoms with Crippen LogP contribution in [0.4, 0.5) is 0 Å². The zero-order valence-electron chi connectivity index (χ0n) is 8.98. The fourth-order valence-corrected chi connectivity index (χ4v) is 3.04. The Labute approximate surface area is 94.9 Å². The van der Waals surface area contributed by atoms with Gasteiger partial charge in [-0.1, -0.05) is 60.2 Å². The second kappa shape index (κ2) is 2.85. The van der Waals surface area contributed by atoms with Gasteiger partial charge in [0.25, 0.3) is 0 Å². The molecule has 0 saturated heterocycles. The topological polar surface area (TPSA) is 0 Å². The summed E-state index contributed by atoms with van der Waals surface area (Å²) in [6.45, 7) is 0. The Morgan fingerprint density at radius 1 is 1.00 bits per heavy atom. The van der Waals surface area contributed by atoms with Crippen molar-refractivity contribution in [3.63, 3.8) is 0 Å². The summed E-state index contributed by atoms with van der Waals surface area (Å²) in [5, 5.41) is 2.80. The Hall–Kier alpha value is -1.82. The minimum atomic E-state index is 0.569. The second-order valence-corrected chi connectivity index (χ2v) is 4.64. The minimum absolute atomic E-state index is 0.569. The molecule has 0 saturated carbocycles. The van der Waals surface area contributed by atoms with Crippen molar-refractivity contribution >= 4 is 10.8 Å². The van der Waals surface area contributed by atoms with Crippen molar-refractivity contribution in [2.45, 2.75) is 12.3 Å². The van der Waals surface area contributed by atoms with E-state index in [1.54, 1.807) is 11.1 Å². The molecule has 4 rings (SSSR count). The van der Waals surface area contributed by atoms with Crippen LogP contribution in [0.1, 0.15) is 17.0 Å². The summed E-state index contributed by atoms with van der Waals surface area (Å²) in [5.41, 5.74) is 4.61. The maximum atomic E-state index is 2.32. The molecule has 2 aliphatic carbocycles. The van der Waals surface area contributed by atoms with Crippen LogP contribution in [-0.2, 0) is 6.42 Å². The van der Waals surface area contributed by atoms with Gasteiger partial charge >= 0.3 is 0 Å². The minimum Gasteiger partial charge on any atom is -0.0729 e. The summed E-state index contributed by atoms with van der Waals surface area (Å²) in [6.07, 6.45) is 7.92. The van der Waals surface area contributed by atoms with Gasteiger partial charge in [0.2, 0.25) is 0 Å². The summed E-state index contributed by atoms with van der Waals surface area (Å²) in [6, 6.07) is 13.3. The van der Waals surface area contributed by atoms with Gasteiger partial charge in [0, 0.05) is 5.92 Å². The average molecular weight is 204 g/mol. The average Bonchev–Trinajstić information content (AvgIpc) is 2.88. The SMILES string of the molecule is C1=CC2C(=C1)Cc1c2ccc2ccccc12. The largest absolute Gasteiger partial charge is 0.0729 e. The number of fused-ring (bicyclic) bond motifs is 5. The number of allylic oxidation sites excluding steroid dienone is 4. The van der Waals surface area contributed by atoms with E-state index in [1.807, 2.05) is 0 Å². The third-order valence-electron chi connectivity index (χ3n) is 3.81. The molecule has 2 aromatic rings. The zero-order valence-corrected chi connectivity index (χ0v) is 8.98. The molecule has 0 nitrogen and oxygen atoms in total. The number of rotatable bonds is 0. The van der Waals surface area contributed by atoms with Gasteiger partial charge in [-0.15, -0.1) is 0 Å². The van der Waals surface area contributed by atoms with Crippen LogP contribution in [0.5, 0.6) is 0 Å². The Bertz CT molecular complexity index is 644. The fourth-order valence-electron chi connectivity index (χ4n) is 3.04. The Kier molecular flexibility index (Phi) is 1.49. The molecule has 0 N–H and O–H groups in total. The first-order valence-electron chi connectivity index (χ1n) is 5.81. The van der Waals surface area contributed by atoms with Crippen molar-refractivity contribution in [2.24, 2.45) is 0 Å². The van der Waals surface area contributed by atoms with Crippen LogP contribution in [0, 0.1) is 0 Å². The van der Waals surface area contributed by atoms with E-state index in [-0.39, 0.29) is 0 Å². The van der Waals surface area contributed by atoms with E-state index in [9.17, 15) is 0 Å². The maximum Gasteiger partial charge on any atom is 0.0240 e. The Balaban J connectivity index is 2.08. The summed E-state index contributed by atoms with van der Waals surface area (Å²) >= 11 is 0. The Morgan fingerprint density at radius 2 is 1.94 bits per heavy atom. The summed E-state index contributed by atoms with van der Waals surface area (Å²) in [5.74, 6) is 0.569. The molecule has 0 radical (unpaired) electrons. The quantitative estimate of drug-likeness (QED) is 0.609. The molecule has 0 amide bonds. The number of hydrogen-bond donors (Lipinski definition) is 0. The number of benzene rings is 2. The van der Waals surface area contributed by atoms with E-state index in [2.05, 4.69) is 54.6 Å². The van der Waals surface area contributed by atoms with Crippen LogP contribution < -0.4 is 0 Å². The lowest BCUT2D eigenvalue weighted by Crippen LogP contribution is -1.88. The molecule has 0 aromatic heterocycles. The van der Waals surface area contributed by atoms with Gasteiger partial charge in [-0.2, -0.15) is 0 Å². The zero-order chi connectivity index (χ0) is 10.5. The van der Waals surface area contributed by atoms with Crippen molar-refractivity contribution in [1.29, 1.82) is 0 Å². The molecule has 76 valence electrons. The molecule has 0 heterocycles. The summed E-state index contributed by atoms with van der Waals surface area (Å²) in [7, 11) is 0. The van der Waals surface area contributed by atoms with E-state index in [0.29, 0.717) is 5.92 Å².